The van der Waals surface area contributed by atoms with Crippen LogP contribution < -0.4 is 5.32 Å². The lowest BCUT2D eigenvalue weighted by Crippen LogP contribution is -2.40. The van der Waals surface area contributed by atoms with E-state index in [0.717, 1.165) is 13.8 Å². The standard InChI is InChI=1S/C23H24FN3O5S/c1-14(15-7-11-18(12-8-15)33(31,32)23(2,3)22(29)30)25-21(28)20-13-19(26-27(20)4)16-5-9-17(24)10-6-16/h5-14H,1-4H3,(H,25,28)(H,29,30)/t14-/m1/s1. The molecule has 0 aliphatic rings. The molecule has 0 bridgehead atoms. The molecule has 0 saturated heterocycles. The summed E-state index contributed by atoms with van der Waals surface area (Å²) >= 11 is 0. The molecule has 3 rings (SSSR count). The maximum atomic E-state index is 13.2. The number of carboxylic acids is 1. The number of amides is 1. The van der Waals surface area contributed by atoms with Gasteiger partial charge in [0.05, 0.1) is 16.6 Å². The minimum absolute atomic E-state index is 0.118. The lowest BCUT2D eigenvalue weighted by Gasteiger charge is -2.20. The Morgan fingerprint density at radius 3 is 2.21 bits per heavy atom. The summed E-state index contributed by atoms with van der Waals surface area (Å²) in [7, 11) is -2.48. The number of aromatic nitrogens is 2. The van der Waals surface area contributed by atoms with Gasteiger partial charge in [0, 0.05) is 12.6 Å². The first-order valence-electron chi connectivity index (χ1n) is 10.0. The van der Waals surface area contributed by atoms with Crippen molar-refractivity contribution in [2.24, 2.45) is 7.05 Å². The highest BCUT2D eigenvalue weighted by molar-refractivity contribution is 7.93. The minimum Gasteiger partial charge on any atom is -0.480 e. The first-order chi connectivity index (χ1) is 15.3. The molecule has 33 heavy (non-hydrogen) atoms. The van der Waals surface area contributed by atoms with Gasteiger partial charge in [-0.3, -0.25) is 14.3 Å². The number of aryl methyl sites for hydroxylation is 1. The van der Waals surface area contributed by atoms with E-state index in [-0.39, 0.29) is 10.7 Å². The van der Waals surface area contributed by atoms with Crippen molar-refractivity contribution < 1.29 is 27.5 Å². The highest BCUT2D eigenvalue weighted by Gasteiger charge is 2.43. The monoisotopic (exact) mass is 473 g/mol. The average Bonchev–Trinajstić information content (AvgIpc) is 3.15. The Hall–Kier alpha value is -3.53. The second kappa shape index (κ2) is 8.78. The third kappa shape index (κ3) is 4.65. The first-order valence-corrected chi connectivity index (χ1v) is 11.5. The Morgan fingerprint density at radius 1 is 1.09 bits per heavy atom. The van der Waals surface area contributed by atoms with Crippen molar-refractivity contribution in [2.45, 2.75) is 36.5 Å². The van der Waals surface area contributed by atoms with Gasteiger partial charge in [-0.1, -0.05) is 12.1 Å². The molecule has 2 aromatic carbocycles. The number of rotatable bonds is 7. The molecule has 2 N–H and O–H groups in total. The van der Waals surface area contributed by atoms with Gasteiger partial charge in [0.15, 0.2) is 14.6 Å². The molecule has 3 aromatic rings. The molecule has 1 aromatic heterocycles. The fourth-order valence-corrected chi connectivity index (χ4v) is 4.45. The van der Waals surface area contributed by atoms with Gasteiger partial charge in [-0.2, -0.15) is 5.10 Å². The highest BCUT2D eigenvalue weighted by Crippen LogP contribution is 2.27. The summed E-state index contributed by atoms with van der Waals surface area (Å²) in [5, 5.41) is 16.4. The Balaban J connectivity index is 1.77. The topological polar surface area (TPSA) is 118 Å². The van der Waals surface area contributed by atoms with E-state index in [4.69, 9.17) is 0 Å². The molecule has 0 unspecified atom stereocenters. The van der Waals surface area contributed by atoms with Gasteiger partial charge >= 0.3 is 5.97 Å². The number of hydrogen-bond acceptors (Lipinski definition) is 5. The largest absolute Gasteiger partial charge is 0.480 e. The Kier molecular flexibility index (Phi) is 6.42. The van der Waals surface area contributed by atoms with Gasteiger partial charge in [0.25, 0.3) is 5.91 Å². The number of benzene rings is 2. The number of nitrogens with one attached hydrogen (secondary N) is 1. The van der Waals surface area contributed by atoms with Crippen LogP contribution in [-0.2, 0) is 21.7 Å². The fraction of sp³-hybridized carbons (Fsp3) is 0.261. The van der Waals surface area contributed by atoms with Crippen molar-refractivity contribution in [2.75, 3.05) is 0 Å². The summed E-state index contributed by atoms with van der Waals surface area (Å²) in [6.07, 6.45) is 0. The van der Waals surface area contributed by atoms with Gasteiger partial charge in [-0.25, -0.2) is 12.8 Å². The lowest BCUT2D eigenvalue weighted by molar-refractivity contribution is -0.139. The zero-order chi connectivity index (χ0) is 24.6. The molecular formula is C23H24FN3O5S. The Morgan fingerprint density at radius 2 is 1.67 bits per heavy atom. The van der Waals surface area contributed by atoms with Crippen LogP contribution in [0.25, 0.3) is 11.3 Å². The molecule has 8 nitrogen and oxygen atoms in total. The van der Waals surface area contributed by atoms with Crippen LogP contribution in [0.5, 0.6) is 0 Å². The van der Waals surface area contributed by atoms with Crippen LogP contribution in [0.15, 0.2) is 59.5 Å². The van der Waals surface area contributed by atoms with Gasteiger partial charge in [-0.15, -0.1) is 0 Å². The molecule has 0 fully saturated rings. The minimum atomic E-state index is -4.10. The molecule has 0 aliphatic carbocycles. The maximum Gasteiger partial charge on any atom is 0.324 e. The van der Waals surface area contributed by atoms with Crippen LogP contribution in [-0.4, -0.2) is 39.9 Å². The summed E-state index contributed by atoms with van der Waals surface area (Å²) in [4.78, 5) is 24.0. The smallest absolute Gasteiger partial charge is 0.324 e. The fourth-order valence-electron chi connectivity index (χ4n) is 3.14. The Bertz CT molecular complexity index is 1300. The van der Waals surface area contributed by atoms with Crippen LogP contribution in [0.4, 0.5) is 4.39 Å². The molecular weight excluding hydrogens is 449 g/mol. The number of sulfone groups is 1. The molecule has 1 amide bonds. The summed E-state index contributed by atoms with van der Waals surface area (Å²) in [5.41, 5.74) is 2.12. The lowest BCUT2D eigenvalue weighted by atomic mass is 10.1. The predicted octanol–water partition coefficient (Wildman–Crippen LogP) is 3.35. The number of carboxylic acid groups (broad SMARTS) is 1. The van der Waals surface area contributed by atoms with E-state index in [0.29, 0.717) is 22.5 Å². The van der Waals surface area contributed by atoms with E-state index in [2.05, 4.69) is 10.4 Å². The van der Waals surface area contributed by atoms with Crippen LogP contribution in [0, 0.1) is 5.82 Å². The number of halogens is 1. The molecule has 0 spiro atoms. The average molecular weight is 474 g/mol. The first kappa shape index (κ1) is 24.1. The zero-order valence-corrected chi connectivity index (χ0v) is 19.4. The molecule has 174 valence electrons. The number of nitrogens with zero attached hydrogens (tertiary/aromatic N) is 2. The summed E-state index contributed by atoms with van der Waals surface area (Å²) in [5.74, 6) is -2.20. The van der Waals surface area contributed by atoms with Gasteiger partial charge < -0.3 is 10.4 Å². The summed E-state index contributed by atoms with van der Waals surface area (Å²) in [6.45, 7) is 4.00. The van der Waals surface area contributed by atoms with Crippen molar-refractivity contribution in [1.82, 2.24) is 15.1 Å². The van der Waals surface area contributed by atoms with E-state index in [1.54, 1.807) is 32.2 Å². The van der Waals surface area contributed by atoms with Crippen molar-refractivity contribution in [3.8, 4) is 11.3 Å². The third-order valence-corrected chi connectivity index (χ3v) is 7.89. The Labute approximate surface area is 191 Å². The van der Waals surface area contributed by atoms with E-state index in [9.17, 15) is 27.5 Å². The number of hydrogen-bond donors (Lipinski definition) is 2. The molecule has 0 saturated carbocycles. The van der Waals surface area contributed by atoms with Crippen LogP contribution in [0.3, 0.4) is 0 Å². The number of carbonyl (C=O) groups excluding carboxylic acids is 1. The van der Waals surface area contributed by atoms with Crippen molar-refractivity contribution in [3.63, 3.8) is 0 Å². The van der Waals surface area contributed by atoms with Crippen LogP contribution in [0.1, 0.15) is 42.9 Å². The molecule has 1 heterocycles. The van der Waals surface area contributed by atoms with Crippen molar-refractivity contribution in [3.05, 3.63) is 71.7 Å². The number of carbonyl (C=O) groups is 2. The molecule has 0 radical (unpaired) electrons. The third-order valence-electron chi connectivity index (χ3n) is 5.48. The summed E-state index contributed by atoms with van der Waals surface area (Å²) in [6, 6.07) is 12.6. The maximum absolute atomic E-state index is 13.2. The van der Waals surface area contributed by atoms with Crippen LogP contribution in [0.2, 0.25) is 0 Å². The highest BCUT2D eigenvalue weighted by atomic mass is 32.2. The van der Waals surface area contributed by atoms with Gasteiger partial charge in [0.2, 0.25) is 0 Å². The van der Waals surface area contributed by atoms with E-state index in [1.807, 2.05) is 0 Å². The number of aliphatic carboxylic acids is 1. The van der Waals surface area contributed by atoms with E-state index >= 15 is 0 Å². The van der Waals surface area contributed by atoms with Crippen LogP contribution >= 0.6 is 0 Å². The van der Waals surface area contributed by atoms with Crippen molar-refractivity contribution >= 4 is 21.7 Å². The summed E-state index contributed by atoms with van der Waals surface area (Å²) < 4.78 is 37.9. The normalized spacial score (nSPS) is 12.9. The van der Waals surface area contributed by atoms with Crippen molar-refractivity contribution in [1.29, 1.82) is 0 Å². The van der Waals surface area contributed by atoms with Gasteiger partial charge in [0.1, 0.15) is 11.5 Å². The SMILES string of the molecule is C[C@@H](NC(=O)c1cc(-c2ccc(F)cc2)nn1C)c1ccc(S(=O)(=O)C(C)(C)C(=O)O)cc1. The second-order valence-electron chi connectivity index (χ2n) is 8.13. The van der Waals surface area contributed by atoms with E-state index < -0.39 is 32.5 Å². The van der Waals surface area contributed by atoms with Gasteiger partial charge in [-0.05, 0) is 68.8 Å². The molecule has 1 atom stereocenters. The molecule has 10 heteroatoms. The zero-order valence-electron chi connectivity index (χ0n) is 18.5. The quantitative estimate of drug-likeness (QED) is 0.543. The second-order valence-corrected chi connectivity index (χ2v) is 10.6. The van der Waals surface area contributed by atoms with E-state index in [1.165, 1.54) is 41.1 Å². The molecule has 0 aliphatic heterocycles. The predicted molar refractivity (Wildman–Crippen MR) is 120 cm³/mol.